The maximum atomic E-state index is 13.9. The Morgan fingerprint density at radius 2 is 1.96 bits per heavy atom. The Kier molecular flexibility index (Phi) is 4.88. The number of pyridine rings is 1. The van der Waals surface area contributed by atoms with Gasteiger partial charge in [-0.05, 0) is 75.7 Å². The molecule has 1 aliphatic carbocycles. The highest BCUT2D eigenvalue weighted by Gasteiger charge is 2.47. The van der Waals surface area contributed by atoms with Crippen molar-refractivity contribution in [1.82, 2.24) is 14.8 Å². The average molecular weight is 374 g/mol. The van der Waals surface area contributed by atoms with Gasteiger partial charge in [0.15, 0.2) is 0 Å². The minimum Gasteiger partial charge on any atom is -0.299 e. The van der Waals surface area contributed by atoms with Crippen LogP contribution >= 0.6 is 11.3 Å². The number of hydrogen-bond donors (Lipinski definition) is 0. The number of aromatic nitrogens is 1. The first-order valence-corrected chi connectivity index (χ1v) is 10.4. The number of likely N-dealkylation sites (tertiary alicyclic amines) is 1. The minimum absolute atomic E-state index is 0.197. The number of thiophene rings is 1. The molecule has 0 bridgehead atoms. The van der Waals surface area contributed by atoms with Crippen LogP contribution in [0.25, 0.3) is 0 Å². The molecule has 3 nitrogen and oxygen atoms in total. The molecule has 4 rings (SSSR count). The van der Waals surface area contributed by atoms with Gasteiger partial charge in [-0.2, -0.15) is 4.39 Å². The first kappa shape index (κ1) is 18.1. The van der Waals surface area contributed by atoms with Gasteiger partial charge in [0.1, 0.15) is 0 Å². The van der Waals surface area contributed by atoms with Gasteiger partial charge in [-0.15, -0.1) is 11.3 Å². The smallest absolute Gasteiger partial charge is 0.217 e. The molecule has 5 heteroatoms. The van der Waals surface area contributed by atoms with Crippen molar-refractivity contribution < 1.29 is 4.39 Å². The average Bonchev–Trinajstić information content (AvgIpc) is 3.29. The van der Waals surface area contributed by atoms with Crippen molar-refractivity contribution in [2.75, 3.05) is 27.2 Å². The molecule has 140 valence electrons. The van der Waals surface area contributed by atoms with Crippen LogP contribution in [0.3, 0.4) is 0 Å². The standard InChI is InChI=1S/C21H28FN3S/c1-24(2)21(18-6-4-14-26-18)9-7-20(8-10-21)11-13-25(16-20)15-17-5-3-12-23-19(17)22/h3-6,12,14H,7-11,13,15-16H2,1-2H3. The molecule has 1 aliphatic heterocycles. The third-order valence-electron chi connectivity index (χ3n) is 6.72. The number of nitrogens with zero attached hydrogens (tertiary/aromatic N) is 3. The van der Waals surface area contributed by atoms with Gasteiger partial charge < -0.3 is 0 Å². The molecule has 26 heavy (non-hydrogen) atoms. The van der Waals surface area contributed by atoms with E-state index in [1.54, 1.807) is 0 Å². The fraction of sp³-hybridized carbons (Fsp3) is 0.571. The van der Waals surface area contributed by atoms with Gasteiger partial charge in [0.05, 0.1) is 5.54 Å². The quantitative estimate of drug-likeness (QED) is 0.735. The Morgan fingerprint density at radius 1 is 1.15 bits per heavy atom. The predicted molar refractivity (Wildman–Crippen MR) is 105 cm³/mol. The zero-order valence-electron chi connectivity index (χ0n) is 15.7. The maximum Gasteiger partial charge on any atom is 0.217 e. The second-order valence-corrected chi connectivity index (χ2v) is 9.26. The first-order chi connectivity index (χ1) is 12.5. The summed E-state index contributed by atoms with van der Waals surface area (Å²) in [5.74, 6) is -0.318. The third-order valence-corrected chi connectivity index (χ3v) is 7.78. The van der Waals surface area contributed by atoms with Gasteiger partial charge in [-0.25, -0.2) is 4.98 Å². The van der Waals surface area contributed by atoms with Crippen LogP contribution in [0.2, 0.25) is 0 Å². The van der Waals surface area contributed by atoms with Crippen LogP contribution in [0.4, 0.5) is 4.39 Å². The fourth-order valence-electron chi connectivity index (χ4n) is 5.00. The highest BCUT2D eigenvalue weighted by Crippen LogP contribution is 2.52. The second kappa shape index (κ2) is 7.02. The lowest BCUT2D eigenvalue weighted by Gasteiger charge is -2.48. The zero-order chi connectivity index (χ0) is 18.2. The van der Waals surface area contributed by atoms with E-state index >= 15 is 0 Å². The number of rotatable bonds is 4. The normalized spacial score (nSPS) is 29.7. The molecule has 0 unspecified atom stereocenters. The summed E-state index contributed by atoms with van der Waals surface area (Å²) in [4.78, 5) is 10.2. The molecule has 0 N–H and O–H groups in total. The van der Waals surface area contributed by atoms with E-state index in [9.17, 15) is 4.39 Å². The Balaban J connectivity index is 1.44. The Morgan fingerprint density at radius 3 is 2.62 bits per heavy atom. The minimum atomic E-state index is -0.318. The Bertz CT molecular complexity index is 735. The molecular weight excluding hydrogens is 345 g/mol. The van der Waals surface area contributed by atoms with Gasteiger partial charge >= 0.3 is 0 Å². The second-order valence-electron chi connectivity index (χ2n) is 8.32. The predicted octanol–water partition coefficient (Wildman–Crippen LogP) is 4.51. The van der Waals surface area contributed by atoms with Gasteiger partial charge in [-0.1, -0.05) is 12.1 Å². The van der Waals surface area contributed by atoms with E-state index < -0.39 is 0 Å². The van der Waals surface area contributed by atoms with Crippen LogP contribution in [-0.2, 0) is 12.1 Å². The van der Waals surface area contributed by atoms with Crippen LogP contribution in [0.5, 0.6) is 0 Å². The van der Waals surface area contributed by atoms with Crippen molar-refractivity contribution in [2.45, 2.75) is 44.2 Å². The summed E-state index contributed by atoms with van der Waals surface area (Å²) in [6.45, 7) is 2.85. The van der Waals surface area contributed by atoms with Crippen LogP contribution in [0.15, 0.2) is 35.8 Å². The summed E-state index contributed by atoms with van der Waals surface area (Å²) >= 11 is 1.89. The van der Waals surface area contributed by atoms with Gasteiger partial charge in [-0.3, -0.25) is 9.80 Å². The zero-order valence-corrected chi connectivity index (χ0v) is 16.6. The third kappa shape index (κ3) is 3.21. The van der Waals surface area contributed by atoms with Crippen molar-refractivity contribution in [3.05, 3.63) is 52.2 Å². The van der Waals surface area contributed by atoms with E-state index in [0.29, 0.717) is 12.0 Å². The van der Waals surface area contributed by atoms with E-state index in [1.807, 2.05) is 23.5 Å². The van der Waals surface area contributed by atoms with Crippen LogP contribution in [0, 0.1) is 11.4 Å². The van der Waals surface area contributed by atoms with E-state index in [0.717, 1.165) is 18.7 Å². The van der Waals surface area contributed by atoms with Crippen LogP contribution in [0.1, 0.15) is 42.5 Å². The molecule has 1 saturated carbocycles. The van der Waals surface area contributed by atoms with E-state index in [1.165, 1.54) is 43.2 Å². The molecule has 2 aromatic heterocycles. The highest BCUT2D eigenvalue weighted by atomic mass is 32.1. The lowest BCUT2D eigenvalue weighted by molar-refractivity contribution is 0.0404. The fourth-order valence-corrected chi connectivity index (χ4v) is 6.07. The topological polar surface area (TPSA) is 19.4 Å². The molecule has 3 heterocycles. The molecule has 0 amide bonds. The van der Waals surface area contributed by atoms with E-state index in [2.05, 4.69) is 46.4 Å². The summed E-state index contributed by atoms with van der Waals surface area (Å²) in [7, 11) is 4.45. The monoisotopic (exact) mass is 373 g/mol. The van der Waals surface area contributed by atoms with Crippen LogP contribution in [-0.4, -0.2) is 42.0 Å². The Hall–Kier alpha value is -1.30. The number of hydrogen-bond acceptors (Lipinski definition) is 4. The molecule has 0 atom stereocenters. The molecular formula is C21H28FN3S. The van der Waals surface area contributed by atoms with Crippen molar-refractivity contribution >= 4 is 11.3 Å². The van der Waals surface area contributed by atoms with E-state index in [-0.39, 0.29) is 11.5 Å². The molecule has 2 aromatic rings. The van der Waals surface area contributed by atoms with E-state index in [4.69, 9.17) is 0 Å². The highest BCUT2D eigenvalue weighted by molar-refractivity contribution is 7.10. The van der Waals surface area contributed by atoms with Gasteiger partial charge in [0.25, 0.3) is 0 Å². The van der Waals surface area contributed by atoms with Gasteiger partial charge in [0, 0.05) is 29.7 Å². The molecule has 2 fully saturated rings. The maximum absolute atomic E-state index is 13.9. The summed E-state index contributed by atoms with van der Waals surface area (Å²) < 4.78 is 13.9. The summed E-state index contributed by atoms with van der Waals surface area (Å²) in [6, 6.07) is 8.17. The molecule has 1 spiro atoms. The summed E-state index contributed by atoms with van der Waals surface area (Å²) in [5.41, 5.74) is 1.33. The largest absolute Gasteiger partial charge is 0.299 e. The van der Waals surface area contributed by atoms with Crippen LogP contribution < -0.4 is 0 Å². The summed E-state index contributed by atoms with van der Waals surface area (Å²) in [6.07, 6.45) is 7.72. The summed E-state index contributed by atoms with van der Waals surface area (Å²) in [5, 5.41) is 2.20. The SMILES string of the molecule is CN(C)C1(c2cccs2)CCC2(CCN(Cc3cccnc3F)C2)CC1. The lowest BCUT2D eigenvalue weighted by Crippen LogP contribution is -2.47. The van der Waals surface area contributed by atoms with Crippen molar-refractivity contribution in [2.24, 2.45) is 5.41 Å². The first-order valence-electron chi connectivity index (χ1n) is 9.56. The van der Waals surface area contributed by atoms with Crippen molar-refractivity contribution in [3.8, 4) is 0 Å². The van der Waals surface area contributed by atoms with Crippen molar-refractivity contribution in [3.63, 3.8) is 0 Å². The molecule has 0 aromatic carbocycles. The Labute approximate surface area is 159 Å². The molecule has 1 saturated heterocycles. The lowest BCUT2D eigenvalue weighted by atomic mass is 9.66. The van der Waals surface area contributed by atoms with Crippen molar-refractivity contribution in [1.29, 1.82) is 0 Å². The molecule has 0 radical (unpaired) electrons. The number of halogens is 1. The molecule has 2 aliphatic rings. The van der Waals surface area contributed by atoms with Gasteiger partial charge in [0.2, 0.25) is 5.95 Å².